The summed E-state index contributed by atoms with van der Waals surface area (Å²) in [5.74, 6) is 1.47. The van der Waals surface area contributed by atoms with Gasteiger partial charge in [-0.2, -0.15) is 0 Å². The number of hydrogen-bond donors (Lipinski definition) is 1. The van der Waals surface area contributed by atoms with Crippen molar-refractivity contribution >= 4 is 5.91 Å². The molecule has 6 nitrogen and oxygen atoms in total. The van der Waals surface area contributed by atoms with Crippen molar-refractivity contribution in [2.45, 2.75) is 26.9 Å². The first kappa shape index (κ1) is 14.0. The van der Waals surface area contributed by atoms with Crippen molar-refractivity contribution in [3.05, 3.63) is 41.6 Å². The van der Waals surface area contributed by atoms with Gasteiger partial charge in [0.05, 0.1) is 0 Å². The zero-order valence-corrected chi connectivity index (χ0v) is 11.7. The smallest absolute Gasteiger partial charge is 0.256 e. The van der Waals surface area contributed by atoms with Crippen molar-refractivity contribution in [2.75, 3.05) is 6.54 Å². The van der Waals surface area contributed by atoms with Crippen LogP contribution >= 0.6 is 0 Å². The molecule has 1 N–H and O–H groups in total. The maximum Gasteiger partial charge on any atom is 0.256 e. The van der Waals surface area contributed by atoms with Crippen molar-refractivity contribution in [3.8, 4) is 5.75 Å². The summed E-state index contributed by atoms with van der Waals surface area (Å²) >= 11 is 0. The van der Waals surface area contributed by atoms with Crippen molar-refractivity contribution in [2.24, 2.45) is 0 Å². The SMILES string of the molecule is CCNC(=O)c1ccc(OC(C)c2nnc(C)o2)cc1. The second kappa shape index (κ2) is 6.18. The molecule has 0 saturated carbocycles. The lowest BCUT2D eigenvalue weighted by Gasteiger charge is -2.11. The highest BCUT2D eigenvalue weighted by molar-refractivity contribution is 5.94. The van der Waals surface area contributed by atoms with E-state index < -0.39 is 0 Å². The third-order valence-corrected chi connectivity index (χ3v) is 2.66. The molecule has 1 aromatic carbocycles. The average molecular weight is 275 g/mol. The molecule has 1 atom stereocenters. The van der Waals surface area contributed by atoms with Gasteiger partial charge in [-0.1, -0.05) is 0 Å². The van der Waals surface area contributed by atoms with E-state index in [9.17, 15) is 4.79 Å². The van der Waals surface area contributed by atoms with Crippen LogP contribution in [0.4, 0.5) is 0 Å². The molecule has 0 aliphatic carbocycles. The first-order chi connectivity index (χ1) is 9.60. The van der Waals surface area contributed by atoms with Gasteiger partial charge in [0, 0.05) is 19.0 Å². The fraction of sp³-hybridized carbons (Fsp3) is 0.357. The summed E-state index contributed by atoms with van der Waals surface area (Å²) in [5.41, 5.74) is 0.598. The number of rotatable bonds is 5. The minimum atomic E-state index is -0.341. The van der Waals surface area contributed by atoms with Crippen molar-refractivity contribution < 1.29 is 13.9 Å². The highest BCUT2D eigenvalue weighted by Crippen LogP contribution is 2.21. The van der Waals surface area contributed by atoms with Crippen molar-refractivity contribution in [1.82, 2.24) is 15.5 Å². The largest absolute Gasteiger partial charge is 0.481 e. The summed E-state index contributed by atoms with van der Waals surface area (Å²) in [7, 11) is 0. The topological polar surface area (TPSA) is 77.2 Å². The predicted octanol–water partition coefficient (Wildman–Crippen LogP) is 2.27. The maximum atomic E-state index is 11.6. The fourth-order valence-corrected chi connectivity index (χ4v) is 1.68. The lowest BCUT2D eigenvalue weighted by Crippen LogP contribution is -2.22. The van der Waals surface area contributed by atoms with Gasteiger partial charge in [-0.05, 0) is 38.1 Å². The summed E-state index contributed by atoms with van der Waals surface area (Å²) in [6, 6.07) is 6.91. The zero-order valence-electron chi connectivity index (χ0n) is 11.7. The van der Waals surface area contributed by atoms with Crippen LogP contribution in [-0.2, 0) is 0 Å². The monoisotopic (exact) mass is 275 g/mol. The van der Waals surface area contributed by atoms with E-state index in [0.717, 1.165) is 0 Å². The van der Waals surface area contributed by atoms with Crippen LogP contribution in [0, 0.1) is 6.92 Å². The number of nitrogens with one attached hydrogen (secondary N) is 1. The minimum Gasteiger partial charge on any atom is -0.481 e. The van der Waals surface area contributed by atoms with Gasteiger partial charge >= 0.3 is 0 Å². The average Bonchev–Trinajstić information content (AvgIpc) is 2.86. The molecular weight excluding hydrogens is 258 g/mol. The van der Waals surface area contributed by atoms with Crippen LogP contribution in [0.3, 0.4) is 0 Å². The van der Waals surface area contributed by atoms with Gasteiger partial charge in [0.25, 0.3) is 11.8 Å². The molecule has 1 amide bonds. The van der Waals surface area contributed by atoms with Gasteiger partial charge in [-0.3, -0.25) is 4.79 Å². The molecule has 0 saturated heterocycles. The summed E-state index contributed by atoms with van der Waals surface area (Å²) in [6.07, 6.45) is -0.341. The molecule has 1 aromatic heterocycles. The van der Waals surface area contributed by atoms with Crippen LogP contribution in [-0.4, -0.2) is 22.6 Å². The molecule has 0 bridgehead atoms. The standard InChI is InChI=1S/C14H17N3O3/c1-4-15-13(18)11-5-7-12(8-6-11)19-9(2)14-17-16-10(3)20-14/h5-9H,4H2,1-3H3,(H,15,18). The van der Waals surface area contributed by atoms with Gasteiger partial charge in [-0.25, -0.2) is 0 Å². The van der Waals surface area contributed by atoms with Gasteiger partial charge in [0.15, 0.2) is 6.10 Å². The second-order valence-corrected chi connectivity index (χ2v) is 4.30. The molecular formula is C14H17N3O3. The number of amides is 1. The third kappa shape index (κ3) is 3.34. The van der Waals surface area contributed by atoms with E-state index in [-0.39, 0.29) is 12.0 Å². The second-order valence-electron chi connectivity index (χ2n) is 4.30. The Labute approximate surface area is 117 Å². The Morgan fingerprint density at radius 3 is 2.60 bits per heavy atom. The number of carbonyl (C=O) groups excluding carboxylic acids is 1. The molecule has 0 fully saturated rings. The third-order valence-electron chi connectivity index (χ3n) is 2.66. The summed E-state index contributed by atoms with van der Waals surface area (Å²) in [4.78, 5) is 11.6. The fourth-order valence-electron chi connectivity index (χ4n) is 1.68. The van der Waals surface area contributed by atoms with Crippen LogP contribution in [0.25, 0.3) is 0 Å². The summed E-state index contributed by atoms with van der Waals surface area (Å²) in [6.45, 7) is 6.03. The van der Waals surface area contributed by atoms with Gasteiger partial charge in [-0.15, -0.1) is 10.2 Å². The van der Waals surface area contributed by atoms with Crippen molar-refractivity contribution in [3.63, 3.8) is 0 Å². The maximum absolute atomic E-state index is 11.6. The van der Waals surface area contributed by atoms with Crippen LogP contribution in [0.2, 0.25) is 0 Å². The van der Waals surface area contributed by atoms with E-state index in [0.29, 0.717) is 29.6 Å². The number of ether oxygens (including phenoxy) is 1. The van der Waals surface area contributed by atoms with Crippen LogP contribution in [0.15, 0.2) is 28.7 Å². The first-order valence-electron chi connectivity index (χ1n) is 6.45. The van der Waals surface area contributed by atoms with Gasteiger partial charge in [0.1, 0.15) is 5.75 Å². The molecule has 0 aliphatic rings. The Morgan fingerprint density at radius 1 is 1.35 bits per heavy atom. The lowest BCUT2D eigenvalue weighted by atomic mass is 10.2. The zero-order chi connectivity index (χ0) is 14.5. The van der Waals surface area contributed by atoms with E-state index in [2.05, 4.69) is 15.5 Å². The molecule has 0 radical (unpaired) electrons. The Hall–Kier alpha value is -2.37. The van der Waals surface area contributed by atoms with E-state index in [1.165, 1.54) is 0 Å². The molecule has 20 heavy (non-hydrogen) atoms. The van der Waals surface area contributed by atoms with Crippen LogP contribution in [0.5, 0.6) is 5.75 Å². The van der Waals surface area contributed by atoms with Crippen LogP contribution in [0.1, 0.15) is 42.1 Å². The molecule has 1 heterocycles. The molecule has 1 unspecified atom stereocenters. The normalized spacial score (nSPS) is 11.9. The number of carbonyl (C=O) groups is 1. The quantitative estimate of drug-likeness (QED) is 0.905. The number of hydrogen-bond acceptors (Lipinski definition) is 5. The Bertz CT molecular complexity index is 578. The lowest BCUT2D eigenvalue weighted by molar-refractivity contribution is 0.0955. The molecule has 2 aromatic rings. The van der Waals surface area contributed by atoms with Gasteiger partial charge in [0.2, 0.25) is 5.89 Å². The molecule has 2 rings (SSSR count). The highest BCUT2D eigenvalue weighted by Gasteiger charge is 2.14. The first-order valence-corrected chi connectivity index (χ1v) is 6.45. The van der Waals surface area contributed by atoms with Crippen molar-refractivity contribution in [1.29, 1.82) is 0 Å². The Kier molecular flexibility index (Phi) is 4.34. The molecule has 0 spiro atoms. The van der Waals surface area contributed by atoms with E-state index in [1.54, 1.807) is 31.2 Å². The summed E-state index contributed by atoms with van der Waals surface area (Å²) in [5, 5.41) is 10.4. The minimum absolute atomic E-state index is 0.0976. The predicted molar refractivity (Wildman–Crippen MR) is 72.5 cm³/mol. The number of benzene rings is 1. The number of nitrogens with zero attached hydrogens (tertiary/aromatic N) is 2. The number of aromatic nitrogens is 2. The molecule has 6 heteroatoms. The Morgan fingerprint density at radius 2 is 2.05 bits per heavy atom. The van der Waals surface area contributed by atoms with Gasteiger partial charge < -0.3 is 14.5 Å². The van der Waals surface area contributed by atoms with Crippen LogP contribution < -0.4 is 10.1 Å². The highest BCUT2D eigenvalue weighted by atomic mass is 16.5. The van der Waals surface area contributed by atoms with E-state index in [1.807, 2.05) is 13.8 Å². The molecule has 0 aliphatic heterocycles. The van der Waals surface area contributed by atoms with E-state index >= 15 is 0 Å². The summed E-state index contributed by atoms with van der Waals surface area (Å²) < 4.78 is 11.0. The Balaban J connectivity index is 2.01. The molecule has 106 valence electrons. The number of aryl methyl sites for hydroxylation is 1. The van der Waals surface area contributed by atoms with E-state index in [4.69, 9.17) is 9.15 Å².